The van der Waals surface area contributed by atoms with Crippen LogP contribution in [0, 0.1) is 11.8 Å². The summed E-state index contributed by atoms with van der Waals surface area (Å²) >= 11 is 0. The minimum atomic E-state index is -4.75. The standard InChI is InChI=1S/C12H10F6N2O2/c13-11(14,15)7-5-20(4-6(7)10(21)22)9-3-1-2-8(19-9)12(16,17)18/h1-3,6-7H,4-5H2,(H,21,22)/t6-,7-/m1/s1. The van der Waals surface area contributed by atoms with Gasteiger partial charge in [0, 0.05) is 13.1 Å². The van der Waals surface area contributed by atoms with Gasteiger partial charge in [-0.3, -0.25) is 4.79 Å². The molecule has 1 N–H and O–H groups in total. The number of pyridine rings is 1. The molecule has 0 aliphatic carbocycles. The van der Waals surface area contributed by atoms with Crippen LogP contribution in [-0.2, 0) is 11.0 Å². The van der Waals surface area contributed by atoms with Crippen molar-refractivity contribution in [1.29, 1.82) is 0 Å². The average molecular weight is 328 g/mol. The van der Waals surface area contributed by atoms with Gasteiger partial charge in [-0.25, -0.2) is 4.98 Å². The van der Waals surface area contributed by atoms with Gasteiger partial charge in [-0.15, -0.1) is 0 Å². The Labute approximate surface area is 120 Å². The number of carboxylic acid groups (broad SMARTS) is 1. The number of halogens is 6. The van der Waals surface area contributed by atoms with Crippen molar-refractivity contribution in [3.05, 3.63) is 23.9 Å². The monoisotopic (exact) mass is 328 g/mol. The topological polar surface area (TPSA) is 53.4 Å². The van der Waals surface area contributed by atoms with Crippen LogP contribution < -0.4 is 4.90 Å². The van der Waals surface area contributed by atoms with E-state index in [9.17, 15) is 31.1 Å². The lowest BCUT2D eigenvalue weighted by atomic mass is 9.96. The fraction of sp³-hybridized carbons (Fsp3) is 0.500. The predicted octanol–water partition coefficient (Wildman–Crippen LogP) is 2.80. The zero-order chi connectivity index (χ0) is 16.7. The van der Waals surface area contributed by atoms with E-state index in [2.05, 4.69) is 4.98 Å². The predicted molar refractivity (Wildman–Crippen MR) is 62.1 cm³/mol. The summed E-state index contributed by atoms with van der Waals surface area (Å²) in [5, 5.41) is 8.87. The van der Waals surface area contributed by atoms with Gasteiger partial charge >= 0.3 is 18.3 Å². The molecule has 2 atom stereocenters. The third-order valence-corrected chi connectivity index (χ3v) is 3.41. The van der Waals surface area contributed by atoms with Crippen LogP contribution in [-0.4, -0.2) is 35.3 Å². The lowest BCUT2D eigenvalue weighted by Gasteiger charge is -2.19. The summed E-state index contributed by atoms with van der Waals surface area (Å²) in [6, 6.07) is 2.82. The number of aliphatic carboxylic acids is 1. The quantitative estimate of drug-likeness (QED) is 0.848. The van der Waals surface area contributed by atoms with Gasteiger partial charge in [-0.05, 0) is 12.1 Å². The first-order chi connectivity index (χ1) is 10.00. The highest BCUT2D eigenvalue weighted by Crippen LogP contribution is 2.39. The molecule has 122 valence electrons. The normalized spacial score (nSPS) is 22.9. The molecule has 1 fully saturated rings. The number of carbonyl (C=O) groups is 1. The van der Waals surface area contributed by atoms with Crippen molar-refractivity contribution in [2.75, 3.05) is 18.0 Å². The third-order valence-electron chi connectivity index (χ3n) is 3.41. The largest absolute Gasteiger partial charge is 0.481 e. The number of carboxylic acids is 1. The van der Waals surface area contributed by atoms with Crippen LogP contribution in [0.25, 0.3) is 0 Å². The first kappa shape index (κ1) is 16.4. The number of alkyl halides is 6. The zero-order valence-corrected chi connectivity index (χ0v) is 10.8. The van der Waals surface area contributed by atoms with E-state index < -0.39 is 48.9 Å². The minimum absolute atomic E-state index is 0.326. The van der Waals surface area contributed by atoms with Crippen molar-refractivity contribution in [2.24, 2.45) is 11.8 Å². The number of aromatic nitrogens is 1. The van der Waals surface area contributed by atoms with Crippen LogP contribution in [0.5, 0.6) is 0 Å². The zero-order valence-electron chi connectivity index (χ0n) is 10.8. The van der Waals surface area contributed by atoms with E-state index in [1.807, 2.05) is 0 Å². The second-order valence-corrected chi connectivity index (χ2v) is 4.88. The highest BCUT2D eigenvalue weighted by atomic mass is 19.4. The smallest absolute Gasteiger partial charge is 0.433 e. The van der Waals surface area contributed by atoms with Gasteiger partial charge in [0.25, 0.3) is 0 Å². The van der Waals surface area contributed by atoms with E-state index in [0.29, 0.717) is 6.07 Å². The lowest BCUT2D eigenvalue weighted by Crippen LogP contribution is -2.33. The van der Waals surface area contributed by atoms with Gasteiger partial charge < -0.3 is 10.0 Å². The summed E-state index contributed by atoms with van der Waals surface area (Å²) < 4.78 is 76.2. The molecule has 0 unspecified atom stereocenters. The molecule has 0 radical (unpaired) electrons. The van der Waals surface area contributed by atoms with Crippen molar-refractivity contribution in [2.45, 2.75) is 12.4 Å². The van der Waals surface area contributed by atoms with Gasteiger partial charge in [0.2, 0.25) is 0 Å². The van der Waals surface area contributed by atoms with Crippen molar-refractivity contribution >= 4 is 11.8 Å². The molecule has 2 rings (SSSR count). The van der Waals surface area contributed by atoms with Gasteiger partial charge in [0.05, 0.1) is 11.8 Å². The Morgan fingerprint density at radius 3 is 2.27 bits per heavy atom. The fourth-order valence-corrected chi connectivity index (χ4v) is 2.33. The van der Waals surface area contributed by atoms with Crippen LogP contribution in [0.15, 0.2) is 18.2 Å². The van der Waals surface area contributed by atoms with Crippen molar-refractivity contribution in [1.82, 2.24) is 4.98 Å². The van der Waals surface area contributed by atoms with Gasteiger partial charge in [-0.2, -0.15) is 26.3 Å². The highest BCUT2D eigenvalue weighted by Gasteiger charge is 2.53. The Balaban J connectivity index is 2.30. The summed E-state index contributed by atoms with van der Waals surface area (Å²) in [5.41, 5.74) is -1.24. The van der Waals surface area contributed by atoms with E-state index >= 15 is 0 Å². The highest BCUT2D eigenvalue weighted by molar-refractivity contribution is 5.72. The SMILES string of the molecule is O=C(O)[C@@H]1CN(c2cccc(C(F)(F)F)n2)C[C@H]1C(F)(F)F. The van der Waals surface area contributed by atoms with Crippen LogP contribution >= 0.6 is 0 Å². The maximum absolute atomic E-state index is 12.8. The number of hydrogen-bond donors (Lipinski definition) is 1. The van der Waals surface area contributed by atoms with E-state index in [-0.39, 0.29) is 5.82 Å². The maximum atomic E-state index is 12.8. The van der Waals surface area contributed by atoms with Gasteiger partial charge in [-0.1, -0.05) is 6.07 Å². The van der Waals surface area contributed by atoms with Gasteiger partial charge in [0.1, 0.15) is 11.5 Å². The maximum Gasteiger partial charge on any atom is 0.433 e. The second-order valence-electron chi connectivity index (χ2n) is 4.88. The summed E-state index contributed by atoms with van der Waals surface area (Å²) in [7, 11) is 0. The molecule has 22 heavy (non-hydrogen) atoms. The Hall–Kier alpha value is -2.00. The molecule has 4 nitrogen and oxygen atoms in total. The number of anilines is 1. The molecule has 0 spiro atoms. The summed E-state index contributed by atoms with van der Waals surface area (Å²) in [5.74, 6) is -5.86. The first-order valence-electron chi connectivity index (χ1n) is 6.09. The molecule has 1 aromatic heterocycles. The fourth-order valence-electron chi connectivity index (χ4n) is 2.33. The molecular formula is C12H10F6N2O2. The molecule has 1 aromatic rings. The Morgan fingerprint density at radius 1 is 1.18 bits per heavy atom. The number of hydrogen-bond acceptors (Lipinski definition) is 3. The molecule has 1 aliphatic heterocycles. The van der Waals surface area contributed by atoms with Gasteiger partial charge in [0.15, 0.2) is 0 Å². The number of rotatable bonds is 2. The molecule has 0 bridgehead atoms. The van der Waals surface area contributed by atoms with E-state index in [1.165, 1.54) is 0 Å². The molecular weight excluding hydrogens is 318 g/mol. The number of nitrogens with zero attached hydrogens (tertiary/aromatic N) is 2. The van der Waals surface area contributed by atoms with Crippen molar-refractivity contribution in [3.8, 4) is 0 Å². The molecule has 2 heterocycles. The van der Waals surface area contributed by atoms with Crippen LogP contribution in [0.2, 0.25) is 0 Å². The molecule has 1 aliphatic rings. The summed E-state index contributed by atoms with van der Waals surface area (Å²) in [6.45, 7) is -1.29. The summed E-state index contributed by atoms with van der Waals surface area (Å²) in [6.07, 6.45) is -9.48. The second kappa shape index (κ2) is 5.33. The van der Waals surface area contributed by atoms with E-state index in [1.54, 1.807) is 0 Å². The molecule has 0 aromatic carbocycles. The average Bonchev–Trinajstić information content (AvgIpc) is 2.83. The van der Waals surface area contributed by atoms with Crippen molar-refractivity contribution < 1.29 is 36.2 Å². The first-order valence-corrected chi connectivity index (χ1v) is 6.09. The Morgan fingerprint density at radius 2 is 1.82 bits per heavy atom. The Kier molecular flexibility index (Phi) is 3.96. The molecule has 1 saturated heterocycles. The Bertz CT molecular complexity index is 571. The molecule has 10 heteroatoms. The lowest BCUT2D eigenvalue weighted by molar-refractivity contribution is -0.187. The van der Waals surface area contributed by atoms with E-state index in [4.69, 9.17) is 5.11 Å². The van der Waals surface area contributed by atoms with Crippen LogP contribution in [0.1, 0.15) is 5.69 Å². The minimum Gasteiger partial charge on any atom is -0.481 e. The summed E-state index contributed by atoms with van der Waals surface area (Å²) in [4.78, 5) is 15.1. The molecule has 0 amide bonds. The van der Waals surface area contributed by atoms with Crippen LogP contribution in [0.3, 0.4) is 0 Å². The third kappa shape index (κ3) is 3.25. The van der Waals surface area contributed by atoms with E-state index in [0.717, 1.165) is 17.0 Å². The van der Waals surface area contributed by atoms with Crippen LogP contribution in [0.4, 0.5) is 32.2 Å². The van der Waals surface area contributed by atoms with Crippen molar-refractivity contribution in [3.63, 3.8) is 0 Å². The molecule has 0 saturated carbocycles.